The molecular formula is C24H18ClFN2O2. The largest absolute Gasteiger partial charge is 0.497 e. The monoisotopic (exact) mass is 420 g/mol. The minimum absolute atomic E-state index is 0.0518. The molecule has 0 fully saturated rings. The van der Waals surface area contributed by atoms with Crippen LogP contribution in [0.1, 0.15) is 16.1 Å². The van der Waals surface area contributed by atoms with Gasteiger partial charge in [0, 0.05) is 28.0 Å². The van der Waals surface area contributed by atoms with Crippen molar-refractivity contribution in [3.05, 3.63) is 101 Å². The summed E-state index contributed by atoms with van der Waals surface area (Å²) >= 11 is 6.02. The quantitative estimate of drug-likeness (QED) is 0.372. The first-order chi connectivity index (χ1) is 14.5. The second kappa shape index (κ2) is 8.51. The van der Waals surface area contributed by atoms with Gasteiger partial charge in [-0.25, -0.2) is 9.37 Å². The van der Waals surface area contributed by atoms with Crippen LogP contribution in [0.15, 0.2) is 79.0 Å². The van der Waals surface area contributed by atoms with Crippen molar-refractivity contribution in [2.45, 2.75) is 6.42 Å². The number of carbonyl (C=O) groups excluding carboxylic acids is 1. The number of halogens is 2. The first-order valence-corrected chi connectivity index (χ1v) is 9.68. The van der Waals surface area contributed by atoms with E-state index in [2.05, 4.69) is 4.98 Å². The smallest absolute Gasteiger partial charge is 0.168 e. The van der Waals surface area contributed by atoms with E-state index in [0.717, 1.165) is 11.3 Å². The number of Topliss-reactive ketones (excluding diaryl/α,β-unsaturated/α-hetero) is 1. The first kappa shape index (κ1) is 19.9. The Labute approximate surface area is 178 Å². The molecule has 0 aliphatic rings. The van der Waals surface area contributed by atoms with Gasteiger partial charge in [-0.05, 0) is 72.8 Å². The number of imidazole rings is 1. The van der Waals surface area contributed by atoms with Gasteiger partial charge in [0.2, 0.25) is 0 Å². The molecule has 0 saturated carbocycles. The molecule has 3 aromatic carbocycles. The summed E-state index contributed by atoms with van der Waals surface area (Å²) in [5, 5.41) is 0.622. The lowest BCUT2D eigenvalue weighted by Gasteiger charge is -2.08. The third-order valence-corrected chi connectivity index (χ3v) is 4.97. The van der Waals surface area contributed by atoms with Gasteiger partial charge in [-0.2, -0.15) is 0 Å². The van der Waals surface area contributed by atoms with Crippen LogP contribution in [0.3, 0.4) is 0 Å². The molecule has 6 heteroatoms. The molecule has 0 spiro atoms. The van der Waals surface area contributed by atoms with Crippen molar-refractivity contribution in [1.82, 2.24) is 9.55 Å². The van der Waals surface area contributed by atoms with E-state index in [1.165, 1.54) is 12.1 Å². The Morgan fingerprint density at radius 3 is 2.30 bits per heavy atom. The Balaban J connectivity index is 1.69. The van der Waals surface area contributed by atoms with E-state index in [1.54, 1.807) is 55.6 Å². The Morgan fingerprint density at radius 2 is 1.67 bits per heavy atom. The van der Waals surface area contributed by atoms with Gasteiger partial charge >= 0.3 is 0 Å². The minimum Gasteiger partial charge on any atom is -0.497 e. The molecule has 1 heterocycles. The Bertz CT molecular complexity index is 1100. The van der Waals surface area contributed by atoms with Crippen molar-refractivity contribution in [1.29, 1.82) is 0 Å². The van der Waals surface area contributed by atoms with Crippen LogP contribution in [0.5, 0.6) is 5.75 Å². The van der Waals surface area contributed by atoms with Gasteiger partial charge in [-0.15, -0.1) is 0 Å². The summed E-state index contributed by atoms with van der Waals surface area (Å²) in [5.41, 5.74) is 2.79. The van der Waals surface area contributed by atoms with Gasteiger partial charge in [0.15, 0.2) is 5.78 Å². The van der Waals surface area contributed by atoms with Crippen LogP contribution in [0.25, 0.3) is 17.1 Å². The lowest BCUT2D eigenvalue weighted by atomic mass is 10.1. The van der Waals surface area contributed by atoms with Crippen molar-refractivity contribution >= 4 is 17.4 Å². The maximum Gasteiger partial charge on any atom is 0.168 e. The third-order valence-electron chi connectivity index (χ3n) is 4.72. The van der Waals surface area contributed by atoms with Crippen LogP contribution in [0, 0.1) is 5.82 Å². The number of hydrogen-bond donors (Lipinski definition) is 0. The van der Waals surface area contributed by atoms with Gasteiger partial charge < -0.3 is 4.74 Å². The summed E-state index contributed by atoms with van der Waals surface area (Å²) in [6.45, 7) is 0. The molecule has 1 aromatic heterocycles. The number of ketones is 1. The van der Waals surface area contributed by atoms with Crippen LogP contribution >= 0.6 is 11.6 Å². The minimum atomic E-state index is -0.321. The molecule has 0 aliphatic heterocycles. The number of hydrogen-bond acceptors (Lipinski definition) is 3. The molecule has 150 valence electrons. The van der Waals surface area contributed by atoms with Gasteiger partial charge in [-0.3, -0.25) is 9.36 Å². The van der Waals surface area contributed by atoms with Crippen molar-refractivity contribution < 1.29 is 13.9 Å². The summed E-state index contributed by atoms with van der Waals surface area (Å²) in [5.74, 6) is 0.939. The molecule has 0 radical (unpaired) electrons. The molecular weight excluding hydrogens is 403 g/mol. The molecule has 30 heavy (non-hydrogen) atoms. The standard InChI is InChI=1S/C24H18ClFN2O2/c1-30-22-12-4-16(5-13-22)23(29)14-20-15-28(21-10-6-18(25)7-11-21)24(27-20)17-2-8-19(26)9-3-17/h2-13,15H,14H2,1H3. The normalized spacial score (nSPS) is 10.8. The highest BCUT2D eigenvalue weighted by molar-refractivity contribution is 6.30. The molecule has 0 unspecified atom stereocenters. The van der Waals surface area contributed by atoms with Crippen LogP contribution in [0.4, 0.5) is 4.39 Å². The molecule has 4 nitrogen and oxygen atoms in total. The van der Waals surface area contributed by atoms with Crippen LogP contribution < -0.4 is 4.74 Å². The highest BCUT2D eigenvalue weighted by Gasteiger charge is 2.15. The van der Waals surface area contributed by atoms with Crippen molar-refractivity contribution in [2.75, 3.05) is 7.11 Å². The SMILES string of the molecule is COc1ccc(C(=O)Cc2cn(-c3ccc(Cl)cc3)c(-c3ccc(F)cc3)n2)cc1. The first-order valence-electron chi connectivity index (χ1n) is 9.31. The summed E-state index contributed by atoms with van der Waals surface area (Å²) in [4.78, 5) is 17.4. The van der Waals surface area contributed by atoms with Gasteiger partial charge in [0.25, 0.3) is 0 Å². The highest BCUT2D eigenvalue weighted by atomic mass is 35.5. The Kier molecular flexibility index (Phi) is 5.63. The Hall–Kier alpha value is -3.44. The molecule has 0 bridgehead atoms. The van der Waals surface area contributed by atoms with Crippen molar-refractivity contribution in [3.63, 3.8) is 0 Å². The number of nitrogens with zero attached hydrogens (tertiary/aromatic N) is 2. The highest BCUT2D eigenvalue weighted by Crippen LogP contribution is 2.25. The average Bonchev–Trinajstić information content (AvgIpc) is 3.18. The van der Waals surface area contributed by atoms with E-state index in [4.69, 9.17) is 16.3 Å². The zero-order valence-electron chi connectivity index (χ0n) is 16.2. The van der Waals surface area contributed by atoms with E-state index >= 15 is 0 Å². The number of benzene rings is 3. The topological polar surface area (TPSA) is 44.1 Å². The van der Waals surface area contributed by atoms with E-state index in [1.807, 2.05) is 22.9 Å². The van der Waals surface area contributed by atoms with Gasteiger partial charge in [0.05, 0.1) is 19.2 Å². The van der Waals surface area contributed by atoms with E-state index < -0.39 is 0 Å². The number of methoxy groups -OCH3 is 1. The van der Waals surface area contributed by atoms with E-state index in [0.29, 0.717) is 27.9 Å². The molecule has 0 atom stereocenters. The predicted molar refractivity (Wildman–Crippen MR) is 115 cm³/mol. The van der Waals surface area contributed by atoms with Gasteiger partial charge in [0.1, 0.15) is 17.4 Å². The predicted octanol–water partition coefficient (Wildman–Crippen LogP) is 5.77. The second-order valence-corrected chi connectivity index (χ2v) is 7.17. The number of carbonyl (C=O) groups is 1. The van der Waals surface area contributed by atoms with Crippen LogP contribution in [-0.4, -0.2) is 22.4 Å². The number of rotatable bonds is 6. The summed E-state index contributed by atoms with van der Waals surface area (Å²) in [7, 11) is 1.58. The summed E-state index contributed by atoms with van der Waals surface area (Å²) < 4.78 is 20.4. The average molecular weight is 421 g/mol. The lowest BCUT2D eigenvalue weighted by Crippen LogP contribution is -2.03. The number of ether oxygens (including phenoxy) is 1. The van der Waals surface area contributed by atoms with Crippen LogP contribution in [0.2, 0.25) is 5.02 Å². The molecule has 0 N–H and O–H groups in total. The number of aromatic nitrogens is 2. The summed E-state index contributed by atoms with van der Waals surface area (Å²) in [6.07, 6.45) is 1.96. The Morgan fingerprint density at radius 1 is 1.00 bits per heavy atom. The van der Waals surface area contributed by atoms with E-state index in [9.17, 15) is 9.18 Å². The zero-order chi connectivity index (χ0) is 21.1. The van der Waals surface area contributed by atoms with Gasteiger partial charge in [-0.1, -0.05) is 11.6 Å². The lowest BCUT2D eigenvalue weighted by molar-refractivity contribution is 0.0992. The van der Waals surface area contributed by atoms with E-state index in [-0.39, 0.29) is 18.0 Å². The fourth-order valence-corrected chi connectivity index (χ4v) is 3.28. The molecule has 4 aromatic rings. The maximum absolute atomic E-state index is 13.4. The fourth-order valence-electron chi connectivity index (χ4n) is 3.16. The molecule has 0 aliphatic carbocycles. The maximum atomic E-state index is 13.4. The van der Waals surface area contributed by atoms with Crippen molar-refractivity contribution in [3.8, 4) is 22.8 Å². The molecule has 4 rings (SSSR count). The third kappa shape index (κ3) is 4.26. The van der Waals surface area contributed by atoms with Crippen molar-refractivity contribution in [2.24, 2.45) is 0 Å². The fraction of sp³-hybridized carbons (Fsp3) is 0.0833. The second-order valence-electron chi connectivity index (χ2n) is 6.74. The molecule has 0 amide bonds. The molecule has 0 saturated heterocycles. The summed E-state index contributed by atoms with van der Waals surface area (Å²) in [6, 6.07) is 20.4. The zero-order valence-corrected chi connectivity index (χ0v) is 16.9. The van der Waals surface area contributed by atoms with Crippen LogP contribution in [-0.2, 0) is 6.42 Å².